The highest BCUT2D eigenvalue weighted by molar-refractivity contribution is 6.42. The van der Waals surface area contributed by atoms with Gasteiger partial charge in [0.2, 0.25) is 0 Å². The molecule has 84 valence electrons. The molecule has 0 aliphatic carbocycles. The summed E-state index contributed by atoms with van der Waals surface area (Å²) in [6.07, 6.45) is 0. The standard InChI is InChI=1S/C10H7Cl2NO3/c11-7-2-1-6(3-8(7)12)10(15)13-4-9(14)16-5-13/h1-3H,4-5H2. The van der Waals surface area contributed by atoms with Crippen LogP contribution in [0, 0.1) is 0 Å². The van der Waals surface area contributed by atoms with Gasteiger partial charge in [-0.15, -0.1) is 0 Å². The molecule has 0 aromatic heterocycles. The predicted octanol–water partition coefficient (Wildman–Crippen LogP) is 1.95. The van der Waals surface area contributed by atoms with Crippen molar-refractivity contribution in [1.82, 2.24) is 4.90 Å². The fraction of sp³-hybridized carbons (Fsp3) is 0.200. The van der Waals surface area contributed by atoms with Gasteiger partial charge in [-0.1, -0.05) is 23.2 Å². The first-order valence-corrected chi connectivity index (χ1v) is 5.23. The molecule has 1 aliphatic rings. The van der Waals surface area contributed by atoms with Crippen molar-refractivity contribution in [3.05, 3.63) is 33.8 Å². The molecule has 0 spiro atoms. The second kappa shape index (κ2) is 4.31. The number of nitrogens with zero attached hydrogens (tertiary/aromatic N) is 1. The number of hydrogen-bond donors (Lipinski definition) is 0. The van der Waals surface area contributed by atoms with E-state index in [1.54, 1.807) is 6.07 Å². The summed E-state index contributed by atoms with van der Waals surface area (Å²) in [5.74, 6) is -0.710. The van der Waals surface area contributed by atoms with Crippen molar-refractivity contribution < 1.29 is 14.3 Å². The maximum absolute atomic E-state index is 11.8. The molecule has 0 saturated carbocycles. The van der Waals surface area contributed by atoms with Crippen LogP contribution in [0.15, 0.2) is 18.2 Å². The largest absolute Gasteiger partial charge is 0.443 e. The summed E-state index contributed by atoms with van der Waals surface area (Å²) in [4.78, 5) is 24.0. The Morgan fingerprint density at radius 1 is 1.31 bits per heavy atom. The number of carbonyl (C=O) groups is 2. The van der Waals surface area contributed by atoms with Crippen molar-refractivity contribution in [2.45, 2.75) is 0 Å². The van der Waals surface area contributed by atoms with E-state index >= 15 is 0 Å². The highest BCUT2D eigenvalue weighted by Crippen LogP contribution is 2.23. The van der Waals surface area contributed by atoms with Crippen LogP contribution in [0.1, 0.15) is 10.4 Å². The lowest BCUT2D eigenvalue weighted by molar-refractivity contribution is -0.136. The molecular weight excluding hydrogens is 253 g/mol. The zero-order valence-electron chi connectivity index (χ0n) is 8.07. The maximum Gasteiger partial charge on any atom is 0.327 e. The van der Waals surface area contributed by atoms with Crippen molar-refractivity contribution >= 4 is 35.1 Å². The van der Waals surface area contributed by atoms with Crippen molar-refractivity contribution in [3.8, 4) is 0 Å². The van der Waals surface area contributed by atoms with Gasteiger partial charge in [-0.05, 0) is 18.2 Å². The molecule has 2 rings (SSSR count). The number of halogens is 2. The lowest BCUT2D eigenvalue weighted by Gasteiger charge is -2.11. The lowest BCUT2D eigenvalue weighted by Crippen LogP contribution is -2.28. The number of carbonyl (C=O) groups excluding carboxylic acids is 2. The van der Waals surface area contributed by atoms with Crippen molar-refractivity contribution in [2.75, 3.05) is 13.3 Å². The summed E-state index contributed by atoms with van der Waals surface area (Å²) in [5, 5.41) is 0.686. The average Bonchev–Trinajstić information content (AvgIpc) is 2.68. The van der Waals surface area contributed by atoms with E-state index in [-0.39, 0.29) is 19.2 Å². The Balaban J connectivity index is 2.21. The molecule has 0 unspecified atom stereocenters. The van der Waals surface area contributed by atoms with E-state index < -0.39 is 5.97 Å². The topological polar surface area (TPSA) is 46.6 Å². The average molecular weight is 260 g/mol. The first kappa shape index (κ1) is 11.2. The Hall–Kier alpha value is -1.26. The molecule has 6 heteroatoms. The highest BCUT2D eigenvalue weighted by atomic mass is 35.5. The summed E-state index contributed by atoms with van der Waals surface area (Å²) in [6.45, 7) is -0.0447. The minimum atomic E-state index is -0.409. The molecule has 1 saturated heterocycles. The molecule has 0 radical (unpaired) electrons. The van der Waals surface area contributed by atoms with Crippen LogP contribution in [0.25, 0.3) is 0 Å². The smallest absolute Gasteiger partial charge is 0.327 e. The van der Waals surface area contributed by atoms with Crippen LogP contribution in [0.4, 0.5) is 0 Å². The van der Waals surface area contributed by atoms with Crippen LogP contribution in [-0.4, -0.2) is 30.1 Å². The Bertz CT molecular complexity index is 461. The molecule has 1 aliphatic heterocycles. The molecule has 0 N–H and O–H groups in total. The quantitative estimate of drug-likeness (QED) is 0.725. The zero-order valence-corrected chi connectivity index (χ0v) is 9.59. The van der Waals surface area contributed by atoms with Crippen molar-refractivity contribution in [1.29, 1.82) is 0 Å². The SMILES string of the molecule is O=C1CN(C(=O)c2ccc(Cl)c(Cl)c2)CO1. The first-order valence-electron chi connectivity index (χ1n) is 4.48. The molecule has 4 nitrogen and oxygen atoms in total. The monoisotopic (exact) mass is 259 g/mol. The molecule has 0 bridgehead atoms. The molecule has 1 heterocycles. The van der Waals surface area contributed by atoms with Gasteiger partial charge in [-0.2, -0.15) is 0 Å². The van der Waals surface area contributed by atoms with E-state index in [4.69, 9.17) is 23.2 Å². The third-order valence-electron chi connectivity index (χ3n) is 2.16. The molecule has 1 fully saturated rings. The Morgan fingerprint density at radius 2 is 2.06 bits per heavy atom. The number of amides is 1. The fourth-order valence-corrected chi connectivity index (χ4v) is 1.64. The Morgan fingerprint density at radius 3 is 2.62 bits per heavy atom. The lowest BCUT2D eigenvalue weighted by atomic mass is 10.2. The van der Waals surface area contributed by atoms with Crippen LogP contribution in [0.3, 0.4) is 0 Å². The summed E-state index contributed by atoms with van der Waals surface area (Å²) in [6, 6.07) is 4.56. The third kappa shape index (κ3) is 2.13. The van der Waals surface area contributed by atoms with Gasteiger partial charge < -0.3 is 4.74 Å². The van der Waals surface area contributed by atoms with Crippen molar-refractivity contribution in [2.24, 2.45) is 0 Å². The highest BCUT2D eigenvalue weighted by Gasteiger charge is 2.26. The van der Waals surface area contributed by atoms with E-state index in [2.05, 4.69) is 4.74 Å². The van der Waals surface area contributed by atoms with Gasteiger partial charge in [0.15, 0.2) is 6.73 Å². The normalized spacial score (nSPS) is 15.1. The van der Waals surface area contributed by atoms with Gasteiger partial charge in [-0.3, -0.25) is 14.5 Å². The second-order valence-corrected chi connectivity index (χ2v) is 4.09. The van der Waals surface area contributed by atoms with E-state index in [0.29, 0.717) is 15.6 Å². The summed E-state index contributed by atoms with van der Waals surface area (Å²) in [5.41, 5.74) is 0.382. The Labute approximate surface area is 102 Å². The number of esters is 1. The van der Waals surface area contributed by atoms with Crippen molar-refractivity contribution in [3.63, 3.8) is 0 Å². The van der Waals surface area contributed by atoms with E-state index in [1.165, 1.54) is 17.0 Å². The van der Waals surface area contributed by atoms with Crippen LogP contribution in [-0.2, 0) is 9.53 Å². The molecule has 0 atom stereocenters. The van der Waals surface area contributed by atoms with E-state index in [1.807, 2.05) is 0 Å². The van der Waals surface area contributed by atoms with Gasteiger partial charge in [-0.25, -0.2) is 0 Å². The predicted molar refractivity (Wildman–Crippen MR) is 58.5 cm³/mol. The van der Waals surface area contributed by atoms with Gasteiger partial charge in [0.05, 0.1) is 10.0 Å². The van der Waals surface area contributed by atoms with E-state index in [9.17, 15) is 9.59 Å². The minimum Gasteiger partial charge on any atom is -0.443 e. The molecule has 1 amide bonds. The molecular formula is C10H7Cl2NO3. The number of cyclic esters (lactones) is 1. The van der Waals surface area contributed by atoms with Gasteiger partial charge in [0, 0.05) is 5.56 Å². The fourth-order valence-electron chi connectivity index (χ4n) is 1.34. The number of benzene rings is 1. The first-order chi connectivity index (χ1) is 7.58. The molecule has 1 aromatic carbocycles. The van der Waals surface area contributed by atoms with E-state index in [0.717, 1.165) is 0 Å². The van der Waals surface area contributed by atoms with Crippen LogP contribution in [0.5, 0.6) is 0 Å². The second-order valence-electron chi connectivity index (χ2n) is 3.28. The summed E-state index contributed by atoms with van der Waals surface area (Å²) >= 11 is 11.5. The number of rotatable bonds is 1. The molecule has 1 aromatic rings. The van der Waals surface area contributed by atoms with Gasteiger partial charge in [0.25, 0.3) is 5.91 Å². The van der Waals surface area contributed by atoms with Crippen LogP contribution < -0.4 is 0 Å². The maximum atomic E-state index is 11.8. The number of hydrogen-bond acceptors (Lipinski definition) is 3. The van der Waals surface area contributed by atoms with Gasteiger partial charge >= 0.3 is 5.97 Å². The number of ether oxygens (including phenoxy) is 1. The van der Waals surface area contributed by atoms with Crippen LogP contribution in [0.2, 0.25) is 10.0 Å². The Kier molecular flexibility index (Phi) is 3.03. The molecule has 16 heavy (non-hydrogen) atoms. The van der Waals surface area contributed by atoms with Crippen LogP contribution >= 0.6 is 23.2 Å². The zero-order chi connectivity index (χ0) is 11.7. The van der Waals surface area contributed by atoms with Gasteiger partial charge in [0.1, 0.15) is 6.54 Å². The summed E-state index contributed by atoms with van der Waals surface area (Å²) in [7, 11) is 0. The minimum absolute atomic E-state index is 0.0160. The third-order valence-corrected chi connectivity index (χ3v) is 2.89. The summed E-state index contributed by atoms with van der Waals surface area (Å²) < 4.78 is 4.67.